The normalized spacial score (nSPS) is 13.9. The molecule has 0 aliphatic heterocycles. The van der Waals surface area contributed by atoms with E-state index >= 15 is 0 Å². The zero-order valence-corrected chi connectivity index (χ0v) is 32.4. The number of para-hydroxylation sites is 1. The first-order valence-corrected chi connectivity index (χ1v) is 19.8. The maximum absolute atomic E-state index is 4.05. The Balaban J connectivity index is 1.23. The Labute approximate surface area is 336 Å². The van der Waals surface area contributed by atoms with E-state index in [4.69, 9.17) is 0 Å². The summed E-state index contributed by atoms with van der Waals surface area (Å²) < 4.78 is 0. The standard InChI is InChI=1S/C56H43N/c1-5-38-24-28-41(29-25-38)56(42-30-26-39(6-2)27-31-42)51-22-14-11-20-47(51)49-36-43(33-35-52(49)56)57(54-23-15-12-18-45(54)40-16-8-7-9-17-40)44-32-34-48-46-19-10-13-21-50(46)55(3,4)53(48)37-44/h5-37H,1-2H2,3-4H3. The summed E-state index contributed by atoms with van der Waals surface area (Å²) >= 11 is 0. The number of nitrogens with zero attached hydrogens (tertiary/aromatic N) is 1. The van der Waals surface area contributed by atoms with Gasteiger partial charge in [0.05, 0.1) is 11.1 Å². The molecule has 2 aliphatic carbocycles. The molecule has 0 atom stereocenters. The number of rotatable bonds is 8. The van der Waals surface area contributed by atoms with Crippen molar-refractivity contribution in [3.63, 3.8) is 0 Å². The lowest BCUT2D eigenvalue weighted by molar-refractivity contribution is 0.660. The Hall–Kier alpha value is -6.96. The quantitative estimate of drug-likeness (QED) is 0.151. The third kappa shape index (κ3) is 5.23. The molecule has 0 unspecified atom stereocenters. The van der Waals surface area contributed by atoms with E-state index in [9.17, 15) is 0 Å². The molecular weight excluding hydrogens is 687 g/mol. The molecule has 0 amide bonds. The van der Waals surface area contributed by atoms with Crippen molar-refractivity contribution in [2.75, 3.05) is 4.90 Å². The fraction of sp³-hybridized carbons (Fsp3) is 0.0714. The molecule has 0 radical (unpaired) electrons. The highest BCUT2D eigenvalue weighted by molar-refractivity contribution is 5.94. The summed E-state index contributed by atoms with van der Waals surface area (Å²) in [6.07, 6.45) is 3.83. The van der Waals surface area contributed by atoms with Crippen LogP contribution in [-0.4, -0.2) is 0 Å². The fourth-order valence-electron chi connectivity index (χ4n) is 9.73. The van der Waals surface area contributed by atoms with E-state index in [0.717, 1.165) is 28.2 Å². The smallest absolute Gasteiger partial charge is 0.0713 e. The van der Waals surface area contributed by atoms with Gasteiger partial charge in [0.25, 0.3) is 0 Å². The average molecular weight is 730 g/mol. The second-order valence-electron chi connectivity index (χ2n) is 15.8. The average Bonchev–Trinajstić information content (AvgIpc) is 3.69. The lowest BCUT2D eigenvalue weighted by Gasteiger charge is -2.34. The molecule has 2 aliphatic rings. The predicted octanol–water partition coefficient (Wildman–Crippen LogP) is 14.8. The molecule has 57 heavy (non-hydrogen) atoms. The van der Waals surface area contributed by atoms with Gasteiger partial charge in [-0.2, -0.15) is 0 Å². The first kappa shape index (κ1) is 34.5. The Morgan fingerprint density at radius 1 is 0.404 bits per heavy atom. The van der Waals surface area contributed by atoms with Gasteiger partial charge in [-0.1, -0.05) is 197 Å². The number of benzene rings is 8. The predicted molar refractivity (Wildman–Crippen MR) is 242 cm³/mol. The zero-order chi connectivity index (χ0) is 38.7. The summed E-state index contributed by atoms with van der Waals surface area (Å²) in [4.78, 5) is 2.47. The minimum atomic E-state index is -0.528. The first-order valence-electron chi connectivity index (χ1n) is 19.8. The molecular formula is C56H43N. The SMILES string of the molecule is C=Cc1ccc(C2(c3ccc(C=C)cc3)c3ccccc3-c3cc(N(c4ccc5c(c4)C(C)(C)c4ccccc4-5)c4ccccc4-c4ccccc4)ccc32)cc1. The molecule has 0 fully saturated rings. The summed E-state index contributed by atoms with van der Waals surface area (Å²) in [7, 11) is 0. The van der Waals surface area contributed by atoms with Gasteiger partial charge in [0, 0.05) is 22.4 Å². The van der Waals surface area contributed by atoms with Crippen LogP contribution >= 0.6 is 0 Å². The summed E-state index contributed by atoms with van der Waals surface area (Å²) in [6.45, 7) is 12.8. The molecule has 1 nitrogen and oxygen atoms in total. The summed E-state index contributed by atoms with van der Waals surface area (Å²) in [5.74, 6) is 0. The number of fused-ring (bicyclic) bond motifs is 6. The molecule has 0 saturated carbocycles. The van der Waals surface area contributed by atoms with Crippen molar-refractivity contribution in [1.82, 2.24) is 0 Å². The molecule has 1 heteroatoms. The number of hydrogen-bond acceptors (Lipinski definition) is 1. The van der Waals surface area contributed by atoms with Crippen LogP contribution in [0.15, 0.2) is 201 Å². The van der Waals surface area contributed by atoms with Crippen LogP contribution < -0.4 is 4.90 Å². The first-order chi connectivity index (χ1) is 27.9. The van der Waals surface area contributed by atoms with E-state index in [0.29, 0.717) is 0 Å². The van der Waals surface area contributed by atoms with Crippen molar-refractivity contribution in [3.05, 3.63) is 246 Å². The van der Waals surface area contributed by atoms with Crippen molar-refractivity contribution >= 4 is 29.2 Å². The highest BCUT2D eigenvalue weighted by atomic mass is 15.1. The zero-order valence-electron chi connectivity index (χ0n) is 32.4. The minimum absolute atomic E-state index is 0.134. The van der Waals surface area contributed by atoms with Crippen molar-refractivity contribution < 1.29 is 0 Å². The van der Waals surface area contributed by atoms with Crippen LogP contribution in [0, 0.1) is 0 Å². The van der Waals surface area contributed by atoms with Gasteiger partial charge in [-0.25, -0.2) is 0 Å². The third-order valence-electron chi connectivity index (χ3n) is 12.5. The highest BCUT2D eigenvalue weighted by Gasteiger charge is 2.46. The van der Waals surface area contributed by atoms with Gasteiger partial charge in [0.2, 0.25) is 0 Å². The van der Waals surface area contributed by atoms with Crippen LogP contribution in [0.5, 0.6) is 0 Å². The molecule has 0 saturated heterocycles. The third-order valence-corrected chi connectivity index (χ3v) is 12.5. The van der Waals surface area contributed by atoms with Gasteiger partial charge in [0.1, 0.15) is 0 Å². The second-order valence-corrected chi connectivity index (χ2v) is 15.8. The van der Waals surface area contributed by atoms with E-state index < -0.39 is 5.41 Å². The monoisotopic (exact) mass is 729 g/mol. The second kappa shape index (κ2) is 13.4. The largest absolute Gasteiger partial charge is 0.310 e. The van der Waals surface area contributed by atoms with Crippen LogP contribution in [-0.2, 0) is 10.8 Å². The van der Waals surface area contributed by atoms with Crippen LogP contribution in [0.2, 0.25) is 0 Å². The summed E-state index contributed by atoms with van der Waals surface area (Å²) in [5.41, 5.74) is 20.1. The van der Waals surface area contributed by atoms with E-state index in [1.165, 1.54) is 66.8 Å². The van der Waals surface area contributed by atoms with E-state index in [1.54, 1.807) is 0 Å². The Morgan fingerprint density at radius 3 is 1.54 bits per heavy atom. The molecule has 272 valence electrons. The van der Waals surface area contributed by atoms with Crippen LogP contribution in [0.3, 0.4) is 0 Å². The van der Waals surface area contributed by atoms with Gasteiger partial charge in [-0.3, -0.25) is 0 Å². The topological polar surface area (TPSA) is 3.24 Å². The molecule has 0 N–H and O–H groups in total. The van der Waals surface area contributed by atoms with Gasteiger partial charge in [0.15, 0.2) is 0 Å². The van der Waals surface area contributed by atoms with Gasteiger partial charge in [-0.15, -0.1) is 0 Å². The summed E-state index contributed by atoms with van der Waals surface area (Å²) in [6, 6.07) is 69.6. The van der Waals surface area contributed by atoms with Crippen molar-refractivity contribution in [1.29, 1.82) is 0 Å². The molecule has 10 rings (SSSR count). The van der Waals surface area contributed by atoms with Gasteiger partial charge < -0.3 is 4.90 Å². The number of hydrogen-bond donors (Lipinski definition) is 0. The van der Waals surface area contributed by atoms with E-state index in [-0.39, 0.29) is 5.41 Å². The lowest BCUT2D eigenvalue weighted by Crippen LogP contribution is -2.28. The maximum atomic E-state index is 4.05. The molecule has 8 aromatic rings. The minimum Gasteiger partial charge on any atom is -0.310 e. The maximum Gasteiger partial charge on any atom is 0.0713 e. The van der Waals surface area contributed by atoms with Crippen LogP contribution in [0.1, 0.15) is 58.4 Å². The molecule has 0 heterocycles. The summed E-state index contributed by atoms with van der Waals surface area (Å²) in [5, 5.41) is 0. The van der Waals surface area contributed by atoms with Crippen molar-refractivity contribution in [2.24, 2.45) is 0 Å². The Bertz CT molecular complexity index is 2790. The fourth-order valence-corrected chi connectivity index (χ4v) is 9.73. The van der Waals surface area contributed by atoms with Crippen LogP contribution in [0.25, 0.3) is 45.5 Å². The number of anilines is 3. The Kier molecular flexibility index (Phi) is 8.09. The lowest BCUT2D eigenvalue weighted by atomic mass is 9.67. The molecule has 8 aromatic carbocycles. The van der Waals surface area contributed by atoms with Crippen molar-refractivity contribution in [3.8, 4) is 33.4 Å². The van der Waals surface area contributed by atoms with Crippen molar-refractivity contribution in [2.45, 2.75) is 24.7 Å². The Morgan fingerprint density at radius 2 is 0.895 bits per heavy atom. The van der Waals surface area contributed by atoms with Gasteiger partial charge in [-0.05, 0) is 103 Å². The molecule has 0 spiro atoms. The molecule has 0 bridgehead atoms. The highest BCUT2D eigenvalue weighted by Crippen LogP contribution is 2.58. The van der Waals surface area contributed by atoms with E-state index in [2.05, 4.69) is 220 Å². The van der Waals surface area contributed by atoms with Crippen LogP contribution in [0.4, 0.5) is 17.1 Å². The molecule has 0 aromatic heterocycles. The van der Waals surface area contributed by atoms with E-state index in [1.807, 2.05) is 12.2 Å². The van der Waals surface area contributed by atoms with Gasteiger partial charge >= 0.3 is 0 Å².